The van der Waals surface area contributed by atoms with Crippen LogP contribution in [-0.2, 0) is 6.42 Å². The molecule has 0 saturated heterocycles. The zero-order chi connectivity index (χ0) is 11.4. The summed E-state index contributed by atoms with van der Waals surface area (Å²) >= 11 is 5.91. The molecule has 1 N–H and O–H groups in total. The Bertz CT molecular complexity index is 325. The number of benzene rings is 1. The van der Waals surface area contributed by atoms with Crippen LogP contribution in [0.1, 0.15) is 37.7 Å². The Labute approximate surface area is 103 Å². The molecule has 0 amide bonds. The van der Waals surface area contributed by atoms with Crippen LogP contribution in [0, 0.1) is 0 Å². The lowest BCUT2D eigenvalue weighted by Crippen LogP contribution is -2.46. The number of halogens is 1. The lowest BCUT2D eigenvalue weighted by molar-refractivity contribution is 0.245. The summed E-state index contributed by atoms with van der Waals surface area (Å²) in [6.07, 6.45) is 7.83. The summed E-state index contributed by atoms with van der Waals surface area (Å²) in [4.78, 5) is 0. The van der Waals surface area contributed by atoms with Crippen molar-refractivity contribution in [2.45, 2.75) is 44.1 Å². The van der Waals surface area contributed by atoms with Gasteiger partial charge in [-0.05, 0) is 44.0 Å². The first kappa shape index (κ1) is 11.9. The van der Waals surface area contributed by atoms with Gasteiger partial charge in [0.25, 0.3) is 0 Å². The van der Waals surface area contributed by atoms with Crippen LogP contribution in [0.25, 0.3) is 0 Å². The van der Waals surface area contributed by atoms with Crippen molar-refractivity contribution in [3.63, 3.8) is 0 Å². The average Bonchev–Trinajstić information content (AvgIpc) is 2.33. The molecule has 1 saturated carbocycles. The second kappa shape index (κ2) is 5.20. The number of likely N-dealkylation sites (N-methyl/N-ethyl adjacent to an activating group) is 1. The summed E-state index contributed by atoms with van der Waals surface area (Å²) in [6, 6.07) is 8.28. The second-order valence-electron chi connectivity index (χ2n) is 4.89. The molecule has 1 aromatic rings. The van der Waals surface area contributed by atoms with E-state index in [2.05, 4.69) is 24.5 Å². The highest BCUT2D eigenvalue weighted by atomic mass is 35.5. The highest BCUT2D eigenvalue weighted by Crippen LogP contribution is 2.31. The fourth-order valence-electron chi connectivity index (χ4n) is 2.74. The molecule has 1 nitrogen and oxygen atoms in total. The van der Waals surface area contributed by atoms with Gasteiger partial charge in [-0.25, -0.2) is 0 Å². The summed E-state index contributed by atoms with van der Waals surface area (Å²) < 4.78 is 0. The first-order valence-corrected chi connectivity index (χ1v) is 6.55. The molecule has 1 aliphatic carbocycles. The summed E-state index contributed by atoms with van der Waals surface area (Å²) in [5, 5.41) is 4.37. The van der Waals surface area contributed by atoms with Gasteiger partial charge in [-0.2, -0.15) is 0 Å². The van der Waals surface area contributed by atoms with Crippen LogP contribution in [0.3, 0.4) is 0 Å². The molecule has 1 aromatic carbocycles. The van der Waals surface area contributed by atoms with E-state index in [1.54, 1.807) is 0 Å². The zero-order valence-electron chi connectivity index (χ0n) is 9.93. The van der Waals surface area contributed by atoms with E-state index >= 15 is 0 Å². The van der Waals surface area contributed by atoms with Crippen molar-refractivity contribution in [1.29, 1.82) is 0 Å². The van der Waals surface area contributed by atoms with Gasteiger partial charge in [0.05, 0.1) is 0 Å². The van der Waals surface area contributed by atoms with E-state index in [0.29, 0.717) is 5.54 Å². The minimum atomic E-state index is 0.325. The third-order valence-electron chi connectivity index (χ3n) is 3.80. The fraction of sp³-hybridized carbons (Fsp3) is 0.571. The first-order valence-electron chi connectivity index (χ1n) is 6.17. The molecule has 16 heavy (non-hydrogen) atoms. The van der Waals surface area contributed by atoms with Crippen molar-refractivity contribution in [2.75, 3.05) is 7.05 Å². The van der Waals surface area contributed by atoms with Crippen molar-refractivity contribution < 1.29 is 0 Å². The summed E-state index contributed by atoms with van der Waals surface area (Å²) in [5.74, 6) is 0. The molecule has 0 heterocycles. The van der Waals surface area contributed by atoms with Crippen LogP contribution < -0.4 is 5.32 Å². The largest absolute Gasteiger partial charge is 0.314 e. The summed E-state index contributed by atoms with van der Waals surface area (Å²) in [6.45, 7) is 0. The van der Waals surface area contributed by atoms with Crippen LogP contribution in [-0.4, -0.2) is 12.6 Å². The van der Waals surface area contributed by atoms with Crippen LogP contribution in [0.5, 0.6) is 0 Å². The van der Waals surface area contributed by atoms with E-state index in [4.69, 9.17) is 11.6 Å². The number of hydrogen-bond acceptors (Lipinski definition) is 1. The minimum Gasteiger partial charge on any atom is -0.314 e. The topological polar surface area (TPSA) is 12.0 Å². The van der Waals surface area contributed by atoms with Crippen molar-refractivity contribution in [1.82, 2.24) is 5.32 Å². The Morgan fingerprint density at radius 3 is 2.31 bits per heavy atom. The normalized spacial score (nSPS) is 19.6. The predicted molar refractivity (Wildman–Crippen MR) is 70.0 cm³/mol. The third-order valence-corrected chi connectivity index (χ3v) is 4.05. The number of nitrogens with one attached hydrogen (secondary N) is 1. The van der Waals surface area contributed by atoms with Crippen LogP contribution in [0.2, 0.25) is 5.02 Å². The Kier molecular flexibility index (Phi) is 3.88. The second-order valence-corrected chi connectivity index (χ2v) is 5.33. The molecule has 2 heteroatoms. The van der Waals surface area contributed by atoms with Crippen molar-refractivity contribution in [2.24, 2.45) is 0 Å². The Morgan fingerprint density at radius 1 is 1.12 bits per heavy atom. The van der Waals surface area contributed by atoms with Crippen molar-refractivity contribution in [3.05, 3.63) is 34.9 Å². The Morgan fingerprint density at radius 2 is 1.75 bits per heavy atom. The van der Waals surface area contributed by atoms with Gasteiger partial charge in [-0.15, -0.1) is 0 Å². The Balaban J connectivity index is 2.08. The van der Waals surface area contributed by atoms with Gasteiger partial charge in [-0.3, -0.25) is 0 Å². The molecule has 0 spiro atoms. The molecule has 0 aliphatic heterocycles. The van der Waals surface area contributed by atoms with Crippen LogP contribution in [0.4, 0.5) is 0 Å². The molecule has 0 aromatic heterocycles. The molecule has 1 fully saturated rings. The lowest BCUT2D eigenvalue weighted by atomic mass is 9.77. The van der Waals surface area contributed by atoms with Gasteiger partial charge < -0.3 is 5.32 Å². The molecular formula is C14H20ClN. The predicted octanol–water partition coefficient (Wildman–Crippen LogP) is 3.80. The number of hydrogen-bond donors (Lipinski definition) is 1. The van der Waals surface area contributed by atoms with Gasteiger partial charge in [0.15, 0.2) is 0 Å². The molecule has 0 unspecified atom stereocenters. The number of rotatable bonds is 3. The maximum Gasteiger partial charge on any atom is 0.0406 e. The average molecular weight is 238 g/mol. The van der Waals surface area contributed by atoms with Gasteiger partial charge in [-0.1, -0.05) is 43.0 Å². The smallest absolute Gasteiger partial charge is 0.0406 e. The van der Waals surface area contributed by atoms with E-state index in [-0.39, 0.29) is 0 Å². The molecule has 2 rings (SSSR count). The van der Waals surface area contributed by atoms with E-state index < -0.39 is 0 Å². The molecule has 0 radical (unpaired) electrons. The monoisotopic (exact) mass is 237 g/mol. The van der Waals surface area contributed by atoms with Gasteiger partial charge in [0, 0.05) is 10.6 Å². The molecule has 0 atom stereocenters. The SMILES string of the molecule is CNC1(Cc2ccc(Cl)cc2)CCCCC1. The van der Waals surface area contributed by atoms with Gasteiger partial charge in [0.1, 0.15) is 0 Å². The van der Waals surface area contributed by atoms with E-state index in [1.165, 1.54) is 37.7 Å². The summed E-state index contributed by atoms with van der Waals surface area (Å²) in [5.41, 5.74) is 1.71. The molecule has 0 bridgehead atoms. The fourth-order valence-corrected chi connectivity index (χ4v) is 2.86. The maximum absolute atomic E-state index is 5.91. The van der Waals surface area contributed by atoms with Crippen LogP contribution in [0.15, 0.2) is 24.3 Å². The standard InChI is InChI=1S/C14H20ClN/c1-16-14(9-3-2-4-10-14)11-12-5-7-13(15)8-6-12/h5-8,16H,2-4,9-11H2,1H3. The maximum atomic E-state index is 5.91. The van der Waals surface area contributed by atoms with Gasteiger partial charge >= 0.3 is 0 Å². The third kappa shape index (κ3) is 2.78. The van der Waals surface area contributed by atoms with E-state index in [9.17, 15) is 0 Å². The van der Waals surface area contributed by atoms with Crippen molar-refractivity contribution >= 4 is 11.6 Å². The molecular weight excluding hydrogens is 218 g/mol. The van der Waals surface area contributed by atoms with E-state index in [1.807, 2.05) is 12.1 Å². The van der Waals surface area contributed by atoms with Crippen LogP contribution >= 0.6 is 11.6 Å². The highest BCUT2D eigenvalue weighted by Gasteiger charge is 2.30. The quantitative estimate of drug-likeness (QED) is 0.843. The van der Waals surface area contributed by atoms with Crippen molar-refractivity contribution in [3.8, 4) is 0 Å². The first-order chi connectivity index (χ1) is 7.74. The Hall–Kier alpha value is -0.530. The lowest BCUT2D eigenvalue weighted by Gasteiger charge is -2.37. The van der Waals surface area contributed by atoms with E-state index in [0.717, 1.165) is 11.4 Å². The highest BCUT2D eigenvalue weighted by molar-refractivity contribution is 6.30. The summed E-state index contributed by atoms with van der Waals surface area (Å²) in [7, 11) is 2.10. The minimum absolute atomic E-state index is 0.325. The molecule has 1 aliphatic rings. The van der Waals surface area contributed by atoms with Gasteiger partial charge in [0.2, 0.25) is 0 Å². The zero-order valence-corrected chi connectivity index (χ0v) is 10.7. The molecule has 88 valence electrons.